The third-order valence-corrected chi connectivity index (χ3v) is 5.35. The number of carbonyl (C=O) groups excluding carboxylic acids is 1. The van der Waals surface area contributed by atoms with Gasteiger partial charge in [-0.25, -0.2) is 9.97 Å². The summed E-state index contributed by atoms with van der Waals surface area (Å²) in [5, 5.41) is 6.03. The van der Waals surface area contributed by atoms with Crippen molar-refractivity contribution in [1.29, 1.82) is 0 Å². The maximum atomic E-state index is 12.2. The molecule has 0 aliphatic carbocycles. The summed E-state index contributed by atoms with van der Waals surface area (Å²) >= 11 is 2.76. The van der Waals surface area contributed by atoms with Crippen molar-refractivity contribution in [3.63, 3.8) is 0 Å². The topological polar surface area (TPSA) is 83.6 Å². The summed E-state index contributed by atoms with van der Waals surface area (Å²) in [6.45, 7) is 0. The molecule has 1 aromatic carbocycles. The number of thioether (sulfide) groups is 1. The Morgan fingerprint density at radius 3 is 2.74 bits per heavy atom. The number of aromatic amines is 1. The summed E-state index contributed by atoms with van der Waals surface area (Å²) < 4.78 is 0. The Hall–Kier alpha value is -2.97. The molecule has 2 N–H and O–H groups in total. The largest absolute Gasteiger partial charge is 0.333 e. The number of anilines is 1. The molecule has 0 spiro atoms. The number of hydrogen-bond acceptors (Lipinski definition) is 6. The van der Waals surface area contributed by atoms with Crippen molar-refractivity contribution >= 4 is 34.1 Å². The lowest BCUT2D eigenvalue weighted by Gasteiger charge is -2.00. The zero-order valence-electron chi connectivity index (χ0n) is 14.1. The number of aromatic nitrogens is 4. The second-order valence-electron chi connectivity index (χ2n) is 5.58. The van der Waals surface area contributed by atoms with Crippen molar-refractivity contribution in [2.45, 2.75) is 5.16 Å². The average molecular weight is 393 g/mol. The molecule has 0 saturated heterocycles. The molecular weight excluding hydrogens is 378 g/mol. The first-order valence-corrected chi connectivity index (χ1v) is 10.0. The van der Waals surface area contributed by atoms with Crippen molar-refractivity contribution in [3.05, 3.63) is 66.4 Å². The normalized spacial score (nSPS) is 10.7. The maximum absolute atomic E-state index is 12.2. The van der Waals surface area contributed by atoms with Crippen LogP contribution in [0.4, 0.5) is 5.13 Å². The number of nitrogens with one attached hydrogen (secondary N) is 2. The smallest absolute Gasteiger partial charge is 0.236 e. The van der Waals surface area contributed by atoms with Crippen LogP contribution in [0.2, 0.25) is 0 Å². The van der Waals surface area contributed by atoms with E-state index >= 15 is 0 Å². The zero-order valence-corrected chi connectivity index (χ0v) is 15.8. The van der Waals surface area contributed by atoms with Crippen LogP contribution in [0.3, 0.4) is 0 Å². The SMILES string of the molecule is O=C(CSc1ncc(-c2ccccc2)[nH]1)Nc1nc(-c2ccncc2)cs1. The third-order valence-electron chi connectivity index (χ3n) is 3.70. The minimum Gasteiger partial charge on any atom is -0.333 e. The third kappa shape index (κ3) is 4.42. The van der Waals surface area contributed by atoms with Crippen LogP contribution in [-0.4, -0.2) is 31.6 Å². The number of benzene rings is 1. The van der Waals surface area contributed by atoms with Crippen LogP contribution in [-0.2, 0) is 4.79 Å². The van der Waals surface area contributed by atoms with Gasteiger partial charge < -0.3 is 10.3 Å². The van der Waals surface area contributed by atoms with Crippen molar-refractivity contribution in [1.82, 2.24) is 19.9 Å². The molecule has 0 fully saturated rings. The van der Waals surface area contributed by atoms with Gasteiger partial charge in [0.15, 0.2) is 10.3 Å². The number of pyridine rings is 1. The summed E-state index contributed by atoms with van der Waals surface area (Å²) in [6, 6.07) is 13.7. The van der Waals surface area contributed by atoms with Gasteiger partial charge >= 0.3 is 0 Å². The van der Waals surface area contributed by atoms with Crippen LogP contribution in [0.25, 0.3) is 22.5 Å². The van der Waals surface area contributed by atoms with Crippen LogP contribution in [0, 0.1) is 0 Å². The first kappa shape index (κ1) is 17.4. The minimum atomic E-state index is -0.117. The van der Waals surface area contributed by atoms with E-state index in [0.29, 0.717) is 10.3 Å². The predicted molar refractivity (Wildman–Crippen MR) is 109 cm³/mol. The molecular formula is C19H15N5OS2. The molecule has 0 aliphatic rings. The van der Waals surface area contributed by atoms with Crippen LogP contribution in [0.5, 0.6) is 0 Å². The van der Waals surface area contributed by atoms with E-state index in [0.717, 1.165) is 22.5 Å². The Morgan fingerprint density at radius 2 is 1.93 bits per heavy atom. The minimum absolute atomic E-state index is 0.117. The molecule has 8 heteroatoms. The molecule has 3 heterocycles. The molecule has 0 unspecified atom stereocenters. The van der Waals surface area contributed by atoms with Gasteiger partial charge in [-0.3, -0.25) is 9.78 Å². The second-order valence-corrected chi connectivity index (χ2v) is 7.40. The highest BCUT2D eigenvalue weighted by atomic mass is 32.2. The van der Waals surface area contributed by atoms with E-state index in [1.807, 2.05) is 47.8 Å². The van der Waals surface area contributed by atoms with E-state index in [2.05, 4.69) is 25.3 Å². The first-order chi connectivity index (χ1) is 13.3. The zero-order chi connectivity index (χ0) is 18.5. The van der Waals surface area contributed by atoms with Gasteiger partial charge in [-0.1, -0.05) is 42.1 Å². The van der Waals surface area contributed by atoms with E-state index in [-0.39, 0.29) is 11.7 Å². The molecule has 134 valence electrons. The molecule has 0 saturated carbocycles. The molecule has 6 nitrogen and oxygen atoms in total. The van der Waals surface area contributed by atoms with Gasteiger partial charge in [-0.2, -0.15) is 0 Å². The highest BCUT2D eigenvalue weighted by Gasteiger charge is 2.10. The Labute approximate surface area is 164 Å². The number of amides is 1. The number of imidazole rings is 1. The van der Waals surface area contributed by atoms with Crippen molar-refractivity contribution in [2.24, 2.45) is 0 Å². The molecule has 4 rings (SSSR count). The molecule has 1 amide bonds. The Balaban J connectivity index is 1.33. The number of nitrogens with zero attached hydrogens (tertiary/aromatic N) is 3. The van der Waals surface area contributed by atoms with Crippen molar-refractivity contribution < 1.29 is 4.79 Å². The highest BCUT2D eigenvalue weighted by Crippen LogP contribution is 2.25. The number of hydrogen-bond donors (Lipinski definition) is 2. The van der Waals surface area contributed by atoms with E-state index in [9.17, 15) is 4.79 Å². The number of carbonyl (C=O) groups is 1. The van der Waals surface area contributed by atoms with Gasteiger partial charge in [0, 0.05) is 23.3 Å². The van der Waals surface area contributed by atoms with Crippen LogP contribution in [0.15, 0.2) is 71.6 Å². The van der Waals surface area contributed by atoms with E-state index in [1.165, 1.54) is 23.1 Å². The Kier molecular flexibility index (Phi) is 5.27. The maximum Gasteiger partial charge on any atom is 0.236 e. The van der Waals surface area contributed by atoms with E-state index in [4.69, 9.17) is 0 Å². The van der Waals surface area contributed by atoms with Gasteiger partial charge in [0.2, 0.25) is 5.91 Å². The molecule has 0 aliphatic heterocycles. The van der Waals surface area contributed by atoms with Crippen LogP contribution < -0.4 is 5.32 Å². The van der Waals surface area contributed by atoms with E-state index in [1.54, 1.807) is 18.6 Å². The Morgan fingerprint density at radius 1 is 1.11 bits per heavy atom. The summed E-state index contributed by atoms with van der Waals surface area (Å²) in [7, 11) is 0. The Bertz CT molecular complexity index is 1030. The quantitative estimate of drug-likeness (QED) is 0.477. The molecule has 0 radical (unpaired) electrons. The standard InChI is InChI=1S/C19H15N5OS2/c25-17(24-19-23-16(11-26-19)14-6-8-20-9-7-14)12-27-18-21-10-15(22-18)13-4-2-1-3-5-13/h1-11H,12H2,(H,21,22)(H,23,24,25). The summed E-state index contributed by atoms with van der Waals surface area (Å²) in [5.41, 5.74) is 3.79. The fraction of sp³-hybridized carbons (Fsp3) is 0.0526. The average Bonchev–Trinajstić information content (AvgIpc) is 3.37. The fourth-order valence-electron chi connectivity index (χ4n) is 2.42. The molecule has 0 atom stereocenters. The number of H-pyrrole nitrogens is 1. The van der Waals surface area contributed by atoms with Gasteiger partial charge in [-0.05, 0) is 17.7 Å². The van der Waals surface area contributed by atoms with Gasteiger partial charge in [0.1, 0.15) is 0 Å². The lowest BCUT2D eigenvalue weighted by Crippen LogP contribution is -2.13. The molecule has 27 heavy (non-hydrogen) atoms. The number of thiazole rings is 1. The van der Waals surface area contributed by atoms with Crippen LogP contribution in [0.1, 0.15) is 0 Å². The second kappa shape index (κ2) is 8.15. The van der Waals surface area contributed by atoms with Gasteiger partial charge in [0.25, 0.3) is 0 Å². The summed E-state index contributed by atoms with van der Waals surface area (Å²) in [6.07, 6.45) is 5.21. The van der Waals surface area contributed by atoms with Crippen LogP contribution >= 0.6 is 23.1 Å². The van der Waals surface area contributed by atoms with Gasteiger partial charge in [-0.15, -0.1) is 11.3 Å². The van der Waals surface area contributed by atoms with Gasteiger partial charge in [0.05, 0.1) is 23.3 Å². The molecule has 0 bridgehead atoms. The highest BCUT2D eigenvalue weighted by molar-refractivity contribution is 7.99. The summed E-state index contributed by atoms with van der Waals surface area (Å²) in [5.74, 6) is 0.139. The van der Waals surface area contributed by atoms with E-state index < -0.39 is 0 Å². The fourth-order valence-corrected chi connectivity index (χ4v) is 3.80. The number of rotatable bonds is 6. The first-order valence-electron chi connectivity index (χ1n) is 8.17. The molecule has 3 aromatic heterocycles. The van der Waals surface area contributed by atoms with Crippen molar-refractivity contribution in [2.75, 3.05) is 11.1 Å². The summed E-state index contributed by atoms with van der Waals surface area (Å²) in [4.78, 5) is 28.2. The van der Waals surface area contributed by atoms with Crippen molar-refractivity contribution in [3.8, 4) is 22.5 Å². The lowest BCUT2D eigenvalue weighted by atomic mass is 10.2. The molecule has 4 aromatic rings. The lowest BCUT2D eigenvalue weighted by molar-refractivity contribution is -0.113. The monoisotopic (exact) mass is 393 g/mol. The predicted octanol–water partition coefficient (Wildman–Crippen LogP) is 4.33.